The van der Waals surface area contributed by atoms with E-state index in [1.807, 2.05) is 25.1 Å². The van der Waals surface area contributed by atoms with Gasteiger partial charge in [-0.25, -0.2) is 9.78 Å². The van der Waals surface area contributed by atoms with E-state index in [9.17, 15) is 4.79 Å². The molecule has 96 valence electrons. The highest BCUT2D eigenvalue weighted by Crippen LogP contribution is 2.13. The Morgan fingerprint density at radius 1 is 1.56 bits per heavy atom. The topological polar surface area (TPSA) is 87.2 Å². The molecule has 2 rings (SSSR count). The van der Waals surface area contributed by atoms with Gasteiger partial charge in [-0.05, 0) is 24.6 Å². The number of aryl methyl sites for hydroxylation is 1. The number of nitrogens with zero attached hydrogens (tertiary/aromatic N) is 1. The standard InChI is InChI=1S/C12H15N3O3/c1-8-2-3-9-10(6-8)15-11(14-9)7-18-5-4-13-12(16)17/h2-3,6,13H,4-5,7H2,1H3,(H,14,15)(H,16,17). The van der Waals surface area contributed by atoms with Crippen molar-refractivity contribution in [2.75, 3.05) is 13.2 Å². The minimum atomic E-state index is -1.04. The van der Waals surface area contributed by atoms with Crippen LogP contribution in [0.3, 0.4) is 0 Å². The number of hydrogen-bond acceptors (Lipinski definition) is 3. The summed E-state index contributed by atoms with van der Waals surface area (Å²) in [6.45, 7) is 2.96. The molecule has 1 aromatic heterocycles. The number of carbonyl (C=O) groups is 1. The molecule has 0 atom stereocenters. The quantitative estimate of drug-likeness (QED) is 0.703. The average molecular weight is 249 g/mol. The number of aromatic nitrogens is 2. The van der Waals surface area contributed by atoms with Crippen LogP contribution >= 0.6 is 0 Å². The van der Waals surface area contributed by atoms with Crippen molar-refractivity contribution in [3.8, 4) is 0 Å². The molecule has 18 heavy (non-hydrogen) atoms. The van der Waals surface area contributed by atoms with E-state index in [-0.39, 0.29) is 6.54 Å². The summed E-state index contributed by atoms with van der Waals surface area (Å²) >= 11 is 0. The number of aromatic amines is 1. The number of amides is 1. The van der Waals surface area contributed by atoms with Crippen molar-refractivity contribution in [2.24, 2.45) is 0 Å². The zero-order valence-electron chi connectivity index (χ0n) is 10.1. The third-order valence-electron chi connectivity index (χ3n) is 2.45. The Balaban J connectivity index is 1.86. The maximum absolute atomic E-state index is 10.2. The molecule has 0 saturated carbocycles. The molecule has 0 spiro atoms. The van der Waals surface area contributed by atoms with Gasteiger partial charge in [-0.15, -0.1) is 0 Å². The van der Waals surface area contributed by atoms with Crippen molar-refractivity contribution in [3.63, 3.8) is 0 Å². The van der Waals surface area contributed by atoms with Gasteiger partial charge in [-0.2, -0.15) is 0 Å². The molecule has 0 aliphatic rings. The molecule has 0 radical (unpaired) electrons. The molecule has 0 aliphatic heterocycles. The second kappa shape index (κ2) is 5.50. The minimum Gasteiger partial charge on any atom is -0.465 e. The van der Waals surface area contributed by atoms with Crippen molar-refractivity contribution in [1.82, 2.24) is 15.3 Å². The summed E-state index contributed by atoms with van der Waals surface area (Å²) in [5.41, 5.74) is 3.06. The zero-order chi connectivity index (χ0) is 13.0. The third kappa shape index (κ3) is 3.21. The molecule has 3 N–H and O–H groups in total. The van der Waals surface area contributed by atoms with Crippen LogP contribution in [0, 0.1) is 6.92 Å². The Hall–Kier alpha value is -2.08. The third-order valence-corrected chi connectivity index (χ3v) is 2.45. The average Bonchev–Trinajstić information content (AvgIpc) is 2.70. The maximum Gasteiger partial charge on any atom is 0.404 e. The predicted octanol–water partition coefficient (Wildman–Crippen LogP) is 1.66. The summed E-state index contributed by atoms with van der Waals surface area (Å²) in [6.07, 6.45) is -1.04. The highest BCUT2D eigenvalue weighted by molar-refractivity contribution is 5.75. The molecule has 1 heterocycles. The van der Waals surface area contributed by atoms with Crippen LogP contribution in [0.5, 0.6) is 0 Å². The first-order valence-electron chi connectivity index (χ1n) is 5.65. The van der Waals surface area contributed by atoms with Gasteiger partial charge in [0.15, 0.2) is 0 Å². The van der Waals surface area contributed by atoms with Gasteiger partial charge in [0.05, 0.1) is 17.6 Å². The van der Waals surface area contributed by atoms with E-state index in [0.29, 0.717) is 13.2 Å². The van der Waals surface area contributed by atoms with Crippen LogP contribution in [0.25, 0.3) is 11.0 Å². The number of fused-ring (bicyclic) bond motifs is 1. The van der Waals surface area contributed by atoms with Crippen molar-refractivity contribution in [3.05, 3.63) is 29.6 Å². The molecule has 0 bridgehead atoms. The summed E-state index contributed by atoms with van der Waals surface area (Å²) < 4.78 is 5.31. The summed E-state index contributed by atoms with van der Waals surface area (Å²) in [7, 11) is 0. The second-order valence-corrected chi connectivity index (χ2v) is 3.99. The molecule has 0 saturated heterocycles. The number of imidazole rings is 1. The van der Waals surface area contributed by atoms with E-state index in [1.54, 1.807) is 0 Å². The van der Waals surface area contributed by atoms with Crippen LogP contribution in [0.2, 0.25) is 0 Å². The Kier molecular flexibility index (Phi) is 3.78. The molecular weight excluding hydrogens is 234 g/mol. The van der Waals surface area contributed by atoms with Gasteiger partial charge in [0, 0.05) is 6.54 Å². The lowest BCUT2D eigenvalue weighted by atomic mass is 10.2. The first-order chi connectivity index (χ1) is 8.65. The van der Waals surface area contributed by atoms with E-state index >= 15 is 0 Å². The molecule has 1 amide bonds. The molecule has 2 aromatic rings. The van der Waals surface area contributed by atoms with Crippen molar-refractivity contribution in [1.29, 1.82) is 0 Å². The smallest absolute Gasteiger partial charge is 0.404 e. The lowest BCUT2D eigenvalue weighted by Gasteiger charge is -2.01. The van der Waals surface area contributed by atoms with Crippen LogP contribution in [0.1, 0.15) is 11.4 Å². The monoisotopic (exact) mass is 249 g/mol. The molecule has 6 heteroatoms. The van der Waals surface area contributed by atoms with E-state index in [4.69, 9.17) is 9.84 Å². The molecular formula is C12H15N3O3. The van der Waals surface area contributed by atoms with Crippen molar-refractivity contribution in [2.45, 2.75) is 13.5 Å². The SMILES string of the molecule is Cc1ccc2nc(COCCNC(=O)O)[nH]c2c1. The van der Waals surface area contributed by atoms with Crippen molar-refractivity contribution < 1.29 is 14.6 Å². The molecule has 0 aliphatic carbocycles. The van der Waals surface area contributed by atoms with E-state index in [2.05, 4.69) is 15.3 Å². The minimum absolute atomic E-state index is 0.272. The number of rotatable bonds is 5. The molecule has 1 aromatic carbocycles. The zero-order valence-corrected chi connectivity index (χ0v) is 10.1. The van der Waals surface area contributed by atoms with Crippen LogP contribution in [-0.2, 0) is 11.3 Å². The van der Waals surface area contributed by atoms with Crippen LogP contribution in [0.15, 0.2) is 18.2 Å². The Morgan fingerprint density at radius 3 is 3.17 bits per heavy atom. The van der Waals surface area contributed by atoms with Gasteiger partial charge in [0.2, 0.25) is 0 Å². The maximum atomic E-state index is 10.2. The highest BCUT2D eigenvalue weighted by Gasteiger charge is 2.02. The Labute approximate surface area is 104 Å². The molecule has 0 unspecified atom stereocenters. The summed E-state index contributed by atoms with van der Waals surface area (Å²) in [4.78, 5) is 17.7. The largest absolute Gasteiger partial charge is 0.465 e. The first-order valence-corrected chi connectivity index (χ1v) is 5.65. The fourth-order valence-corrected chi connectivity index (χ4v) is 1.64. The fourth-order valence-electron chi connectivity index (χ4n) is 1.64. The van der Waals surface area contributed by atoms with Crippen LogP contribution < -0.4 is 5.32 Å². The highest BCUT2D eigenvalue weighted by atomic mass is 16.5. The normalized spacial score (nSPS) is 10.7. The molecule has 0 fully saturated rings. The van der Waals surface area contributed by atoms with Gasteiger partial charge < -0.3 is 20.1 Å². The van der Waals surface area contributed by atoms with Gasteiger partial charge in [-0.3, -0.25) is 0 Å². The second-order valence-electron chi connectivity index (χ2n) is 3.99. The number of carboxylic acid groups (broad SMARTS) is 1. The summed E-state index contributed by atoms with van der Waals surface area (Å²) in [6, 6.07) is 5.99. The lowest BCUT2D eigenvalue weighted by Crippen LogP contribution is -2.25. The van der Waals surface area contributed by atoms with E-state index in [1.165, 1.54) is 5.56 Å². The van der Waals surface area contributed by atoms with Gasteiger partial charge in [0.25, 0.3) is 0 Å². The van der Waals surface area contributed by atoms with Crippen molar-refractivity contribution >= 4 is 17.1 Å². The Bertz CT molecular complexity index is 550. The summed E-state index contributed by atoms with van der Waals surface area (Å²) in [5, 5.41) is 10.6. The van der Waals surface area contributed by atoms with Crippen LogP contribution in [-0.4, -0.2) is 34.3 Å². The van der Waals surface area contributed by atoms with E-state index in [0.717, 1.165) is 16.9 Å². The number of nitrogens with one attached hydrogen (secondary N) is 2. The van der Waals surface area contributed by atoms with E-state index < -0.39 is 6.09 Å². The van der Waals surface area contributed by atoms with Gasteiger partial charge in [-0.1, -0.05) is 6.07 Å². The number of H-pyrrole nitrogens is 1. The fraction of sp³-hybridized carbons (Fsp3) is 0.333. The van der Waals surface area contributed by atoms with Gasteiger partial charge >= 0.3 is 6.09 Å². The molecule has 6 nitrogen and oxygen atoms in total. The lowest BCUT2D eigenvalue weighted by molar-refractivity contribution is 0.116. The first kappa shape index (κ1) is 12.4. The number of ether oxygens (including phenoxy) is 1. The van der Waals surface area contributed by atoms with Gasteiger partial charge in [0.1, 0.15) is 12.4 Å². The summed E-state index contributed by atoms with van der Waals surface area (Å²) in [5.74, 6) is 0.742. The Morgan fingerprint density at radius 2 is 2.39 bits per heavy atom. The number of hydrogen-bond donors (Lipinski definition) is 3. The number of benzene rings is 1. The van der Waals surface area contributed by atoms with Crippen LogP contribution in [0.4, 0.5) is 4.79 Å². The predicted molar refractivity (Wildman–Crippen MR) is 66.5 cm³/mol.